The van der Waals surface area contributed by atoms with Crippen molar-refractivity contribution in [2.24, 2.45) is 99.1 Å². The predicted molar refractivity (Wildman–Crippen MR) is 359 cm³/mol. The average Bonchev–Trinajstić information content (AvgIpc) is 4.18. The molecule has 0 aromatic heterocycles. The Morgan fingerprint density at radius 3 is 0.987 bits per heavy atom. The fourth-order valence-corrected chi connectivity index (χ4v) is 12.1. The van der Waals surface area contributed by atoms with Crippen molar-refractivity contribution >= 4 is 0 Å². The summed E-state index contributed by atoms with van der Waals surface area (Å²) in [5, 5.41) is 0. The summed E-state index contributed by atoms with van der Waals surface area (Å²) in [5.41, 5.74) is 1.96. The van der Waals surface area contributed by atoms with Gasteiger partial charge in [0.05, 0.1) is 0 Å². The van der Waals surface area contributed by atoms with Gasteiger partial charge in [-0.2, -0.15) is 0 Å². The molecule has 0 N–H and O–H groups in total. The third-order valence-corrected chi connectivity index (χ3v) is 22.4. The van der Waals surface area contributed by atoms with E-state index in [0.717, 1.165) is 88.3 Å². The van der Waals surface area contributed by atoms with Crippen molar-refractivity contribution in [1.82, 2.24) is 0 Å². The van der Waals surface area contributed by atoms with Crippen LogP contribution in [0.5, 0.6) is 0 Å². The lowest BCUT2D eigenvalue weighted by Gasteiger charge is -2.37. The van der Waals surface area contributed by atoms with E-state index in [1.165, 1.54) is 231 Å². The van der Waals surface area contributed by atoms with Crippen molar-refractivity contribution in [3.05, 3.63) is 0 Å². The Morgan fingerprint density at radius 1 is 0.429 bits per heavy atom. The van der Waals surface area contributed by atoms with Crippen LogP contribution in [-0.2, 0) is 0 Å². The molecule has 0 spiro atoms. The molecule has 0 bridgehead atoms. The number of rotatable bonds is 8. The Bertz CT molecular complexity index is 1160. The van der Waals surface area contributed by atoms with Crippen molar-refractivity contribution < 1.29 is 0 Å². The first-order valence-corrected chi connectivity index (χ1v) is 36.1. The van der Waals surface area contributed by atoms with Crippen LogP contribution in [0.25, 0.3) is 0 Å². The second-order valence-corrected chi connectivity index (χ2v) is 32.0. The lowest BCUT2D eigenvalue weighted by atomic mass is 9.69. The van der Waals surface area contributed by atoms with Gasteiger partial charge >= 0.3 is 0 Å². The zero-order valence-corrected chi connectivity index (χ0v) is 59.0. The highest BCUT2D eigenvalue weighted by molar-refractivity contribution is 4.81. The Kier molecular flexibility index (Phi) is 47.6. The Balaban J connectivity index is 0. The SMILES string of the molecule is CC(C)C(C)(C)C.CC(C)C1CCC1.CC1(C)CCCC1.CC1CCCCC1.CC1CCC[C@H]1C.CC1CC[C@@H](C)C1.CCC(C)C(C)C.CCC1(C)CCC1.CCC1CCCC1.CCC1CC[C@@H]1C.CCCC1CCC1. The van der Waals surface area contributed by atoms with E-state index in [0.29, 0.717) is 10.8 Å². The first kappa shape index (κ1) is 79.1. The summed E-state index contributed by atoms with van der Waals surface area (Å²) < 4.78 is 0. The molecule has 0 heteroatoms. The van der Waals surface area contributed by atoms with Gasteiger partial charge in [0.1, 0.15) is 0 Å². The first-order valence-electron chi connectivity index (χ1n) is 36.1. The normalized spacial score (nSPS) is 27.3. The molecule has 9 rings (SSSR count). The maximum absolute atomic E-state index is 2.39. The van der Waals surface area contributed by atoms with E-state index < -0.39 is 0 Å². The zero-order chi connectivity index (χ0) is 59.0. The van der Waals surface area contributed by atoms with Crippen LogP contribution in [0.4, 0.5) is 0 Å². The summed E-state index contributed by atoms with van der Waals surface area (Å²) in [4.78, 5) is 0. The second kappa shape index (κ2) is 46.4. The first-order chi connectivity index (χ1) is 36.1. The van der Waals surface area contributed by atoms with Crippen LogP contribution in [0.15, 0.2) is 0 Å². The van der Waals surface area contributed by atoms with Crippen LogP contribution in [-0.4, -0.2) is 0 Å². The maximum Gasteiger partial charge on any atom is -0.0328 e. The fourth-order valence-electron chi connectivity index (χ4n) is 12.1. The third-order valence-electron chi connectivity index (χ3n) is 22.4. The van der Waals surface area contributed by atoms with Crippen LogP contribution in [0.1, 0.15) is 397 Å². The van der Waals surface area contributed by atoms with E-state index in [9.17, 15) is 0 Å². The highest BCUT2D eigenvalue weighted by atomic mass is 14.3. The molecule has 4 unspecified atom stereocenters. The van der Waals surface area contributed by atoms with Crippen LogP contribution < -0.4 is 0 Å². The quantitative estimate of drug-likeness (QED) is 0.227. The summed E-state index contributed by atoms with van der Waals surface area (Å²) in [5.74, 6) is 14.1. The number of hydrogen-bond acceptors (Lipinski definition) is 0. The monoisotopic (exact) mass is 1080 g/mol. The van der Waals surface area contributed by atoms with Crippen molar-refractivity contribution in [3.8, 4) is 0 Å². The molecule has 0 radical (unpaired) electrons. The summed E-state index contributed by atoms with van der Waals surface area (Å²) in [6, 6.07) is 0. The molecule has 0 saturated heterocycles. The molecule has 0 aromatic carbocycles. The molecule has 466 valence electrons. The highest BCUT2D eigenvalue weighted by Crippen LogP contribution is 2.43. The van der Waals surface area contributed by atoms with Crippen molar-refractivity contribution in [2.75, 3.05) is 0 Å². The van der Waals surface area contributed by atoms with E-state index in [4.69, 9.17) is 0 Å². The van der Waals surface area contributed by atoms with Gasteiger partial charge in [0.25, 0.3) is 0 Å². The lowest BCUT2D eigenvalue weighted by Crippen LogP contribution is -2.23. The lowest BCUT2D eigenvalue weighted by molar-refractivity contribution is 0.155. The van der Waals surface area contributed by atoms with E-state index >= 15 is 0 Å². The van der Waals surface area contributed by atoms with Crippen molar-refractivity contribution in [3.63, 3.8) is 0 Å². The Hall–Kier alpha value is 0. The molecular formula is C77H158. The fraction of sp³-hybridized carbons (Fsp3) is 1.00. The largest absolute Gasteiger partial charge is 0.0654 e. The minimum absolute atomic E-state index is 0.500. The minimum atomic E-state index is 0.500. The highest BCUT2D eigenvalue weighted by Gasteiger charge is 2.29. The van der Waals surface area contributed by atoms with E-state index in [1.54, 1.807) is 0 Å². The van der Waals surface area contributed by atoms with Crippen LogP contribution >= 0.6 is 0 Å². The molecule has 0 aliphatic heterocycles. The second-order valence-electron chi connectivity index (χ2n) is 32.0. The van der Waals surface area contributed by atoms with Gasteiger partial charge in [-0.05, 0) is 138 Å². The van der Waals surface area contributed by atoms with Crippen molar-refractivity contribution in [1.29, 1.82) is 0 Å². The van der Waals surface area contributed by atoms with Gasteiger partial charge in [-0.25, -0.2) is 0 Å². The average molecular weight is 1080 g/mol. The van der Waals surface area contributed by atoms with Crippen LogP contribution in [0.2, 0.25) is 0 Å². The van der Waals surface area contributed by atoms with Gasteiger partial charge in [-0.3, -0.25) is 0 Å². The molecule has 7 atom stereocenters. The van der Waals surface area contributed by atoms with Gasteiger partial charge in [-0.1, -0.05) is 359 Å². The standard InChI is InChI=1S/9C7H14.2C7H16/c1-6-3-4-7(2)5-6;1-7(2)5-3-4-6-7;1-6-4-3-5-7(6)2;1-6(2)7-4-3-5-7;1-7-5-3-2-4-6-7;1-3-7(2)5-4-6-7;1-3-7-5-4-6(7)2;1-2-7-5-3-4-6-7;1-2-4-7-5-3-6-7;1-6(2)7(3,4)5;1-5-7(4)6(2)3/h6-7H,3-5H2,1-2H3;3-6H2,1-2H3;2*6-7H,3-5H2,1-2H3;7H,2-6H2,1H3;3-6H2,1-2H3;6-7H,3-5H2,1-2H3;2*7H,2-6H2,1H3;6H,1-5H3;6-7H,5H2,1-4H3/t6-,7?;;6-,7?;;;;6-,7?;;;;/m1.1...0..../s1. The zero-order valence-electron chi connectivity index (χ0n) is 59.0. The molecule has 9 aliphatic rings. The maximum atomic E-state index is 2.39. The van der Waals surface area contributed by atoms with Gasteiger partial charge in [0.2, 0.25) is 0 Å². The summed E-state index contributed by atoms with van der Waals surface area (Å²) in [6.07, 6.45) is 53.0. The Morgan fingerprint density at radius 2 is 0.883 bits per heavy atom. The molecular weight excluding hydrogens is 925 g/mol. The van der Waals surface area contributed by atoms with Crippen LogP contribution in [0, 0.1) is 99.1 Å². The smallest absolute Gasteiger partial charge is 0.0328 e. The molecule has 0 amide bonds. The summed E-state index contributed by atoms with van der Waals surface area (Å²) >= 11 is 0. The van der Waals surface area contributed by atoms with E-state index in [2.05, 4.69) is 166 Å². The molecule has 77 heavy (non-hydrogen) atoms. The molecule has 0 nitrogen and oxygen atoms in total. The third kappa shape index (κ3) is 43.3. The van der Waals surface area contributed by atoms with Gasteiger partial charge in [0.15, 0.2) is 0 Å². The van der Waals surface area contributed by atoms with E-state index in [1.807, 2.05) is 0 Å². The van der Waals surface area contributed by atoms with Gasteiger partial charge < -0.3 is 0 Å². The Labute approximate surface area is 493 Å². The van der Waals surface area contributed by atoms with Crippen LogP contribution in [0.3, 0.4) is 0 Å². The predicted octanol–water partition coefficient (Wildman–Crippen LogP) is 28.1. The molecule has 0 heterocycles. The topological polar surface area (TPSA) is 0 Å². The van der Waals surface area contributed by atoms with Crippen molar-refractivity contribution in [2.45, 2.75) is 397 Å². The molecule has 0 aromatic rings. The van der Waals surface area contributed by atoms with Gasteiger partial charge in [-0.15, -0.1) is 0 Å². The summed E-state index contributed by atoms with van der Waals surface area (Å²) in [6.45, 7) is 55.4. The summed E-state index contributed by atoms with van der Waals surface area (Å²) in [7, 11) is 0. The van der Waals surface area contributed by atoms with Gasteiger partial charge in [0, 0.05) is 0 Å². The minimum Gasteiger partial charge on any atom is -0.0654 e. The number of hydrogen-bond donors (Lipinski definition) is 0. The van der Waals surface area contributed by atoms with E-state index in [-0.39, 0.29) is 0 Å². The molecule has 9 saturated carbocycles. The molecule has 9 aliphatic carbocycles. The molecule has 9 fully saturated rings.